The second-order valence-electron chi connectivity index (χ2n) is 8.74. The number of amides is 1. The molecule has 5 rings (SSSR count). The zero-order valence-electron chi connectivity index (χ0n) is 17.9. The number of carbonyl (C=O) groups is 1. The van der Waals surface area contributed by atoms with Crippen LogP contribution in [0.25, 0.3) is 0 Å². The first-order valence-corrected chi connectivity index (χ1v) is 11.0. The molecule has 4 heterocycles. The molecule has 0 bridgehead atoms. The molecule has 2 aromatic rings. The summed E-state index contributed by atoms with van der Waals surface area (Å²) in [6.07, 6.45) is 2.90. The van der Waals surface area contributed by atoms with E-state index >= 15 is 0 Å². The van der Waals surface area contributed by atoms with Gasteiger partial charge in [-0.05, 0) is 50.0 Å². The molecule has 31 heavy (non-hydrogen) atoms. The first kappa shape index (κ1) is 20.3. The Bertz CT molecular complexity index is 951. The van der Waals surface area contributed by atoms with Crippen molar-refractivity contribution in [1.82, 2.24) is 25.0 Å². The van der Waals surface area contributed by atoms with E-state index in [1.165, 1.54) is 5.56 Å². The first-order chi connectivity index (χ1) is 15.2. The molecule has 1 saturated heterocycles. The van der Waals surface area contributed by atoms with E-state index < -0.39 is 0 Å². The molecule has 1 spiro atoms. The van der Waals surface area contributed by atoms with Crippen molar-refractivity contribution in [3.8, 4) is 11.5 Å². The van der Waals surface area contributed by atoms with Gasteiger partial charge in [-0.2, -0.15) is 0 Å². The highest BCUT2D eigenvalue weighted by molar-refractivity contribution is 5.90. The first-order valence-electron chi connectivity index (χ1n) is 11.0. The molecule has 9 nitrogen and oxygen atoms in total. The Kier molecular flexibility index (Phi) is 5.54. The lowest BCUT2D eigenvalue weighted by Crippen LogP contribution is -2.44. The van der Waals surface area contributed by atoms with Crippen molar-refractivity contribution in [3.63, 3.8) is 0 Å². The molecule has 0 unspecified atom stereocenters. The summed E-state index contributed by atoms with van der Waals surface area (Å²) in [6.45, 7) is 7.62. The summed E-state index contributed by atoms with van der Waals surface area (Å²) >= 11 is 0. The number of carbonyl (C=O) groups excluding carboxylic acids is 1. The molecule has 1 aromatic carbocycles. The normalized spacial score (nSPS) is 19.8. The van der Waals surface area contributed by atoms with E-state index in [1.54, 1.807) is 0 Å². The summed E-state index contributed by atoms with van der Waals surface area (Å²) in [5.74, 6) is 2.63. The molecule has 0 saturated carbocycles. The SMILES string of the molecule is CCCNC(=O)c1nnc2n1CC1(CCN(Cc3ccc4c(c3)OCO4)CC1)COC2. The van der Waals surface area contributed by atoms with Crippen LogP contribution in [0.4, 0.5) is 0 Å². The van der Waals surface area contributed by atoms with Crippen molar-refractivity contribution >= 4 is 5.91 Å². The molecule has 1 aromatic heterocycles. The number of piperidine rings is 1. The van der Waals surface area contributed by atoms with E-state index in [9.17, 15) is 4.79 Å². The molecule has 166 valence electrons. The van der Waals surface area contributed by atoms with Gasteiger partial charge in [0.05, 0.1) is 6.61 Å². The highest BCUT2D eigenvalue weighted by Crippen LogP contribution is 2.38. The highest BCUT2D eigenvalue weighted by atomic mass is 16.7. The van der Waals surface area contributed by atoms with E-state index in [0.29, 0.717) is 32.4 Å². The Hall–Kier alpha value is -2.65. The number of likely N-dealkylation sites (tertiary alicyclic amines) is 1. The average molecular weight is 428 g/mol. The molecule has 9 heteroatoms. The van der Waals surface area contributed by atoms with Gasteiger partial charge in [0.25, 0.3) is 5.91 Å². The minimum Gasteiger partial charge on any atom is -0.454 e. The van der Waals surface area contributed by atoms with Crippen molar-refractivity contribution in [3.05, 3.63) is 35.4 Å². The minimum atomic E-state index is -0.155. The third-order valence-corrected chi connectivity index (χ3v) is 6.46. The lowest BCUT2D eigenvalue weighted by molar-refractivity contribution is -0.00570. The molecule has 1 amide bonds. The zero-order chi connectivity index (χ0) is 21.3. The Morgan fingerprint density at radius 2 is 2.03 bits per heavy atom. The van der Waals surface area contributed by atoms with Crippen LogP contribution in [0.5, 0.6) is 11.5 Å². The van der Waals surface area contributed by atoms with Crippen LogP contribution in [0.3, 0.4) is 0 Å². The van der Waals surface area contributed by atoms with E-state index in [1.807, 2.05) is 17.6 Å². The molecular weight excluding hydrogens is 398 g/mol. The molecule has 1 fully saturated rings. The fourth-order valence-corrected chi connectivity index (χ4v) is 4.62. The van der Waals surface area contributed by atoms with Crippen LogP contribution in [-0.4, -0.2) is 58.6 Å². The Morgan fingerprint density at radius 3 is 2.87 bits per heavy atom. The van der Waals surface area contributed by atoms with E-state index in [2.05, 4.69) is 32.5 Å². The average Bonchev–Trinajstić information content (AvgIpc) is 3.36. The zero-order valence-corrected chi connectivity index (χ0v) is 17.9. The Balaban J connectivity index is 1.25. The van der Waals surface area contributed by atoms with Gasteiger partial charge in [0.1, 0.15) is 6.61 Å². The second kappa shape index (κ2) is 8.47. The largest absolute Gasteiger partial charge is 0.454 e. The molecule has 3 aliphatic heterocycles. The van der Waals surface area contributed by atoms with Crippen molar-refractivity contribution < 1.29 is 19.0 Å². The second-order valence-corrected chi connectivity index (χ2v) is 8.74. The van der Waals surface area contributed by atoms with Crippen molar-refractivity contribution in [2.24, 2.45) is 5.41 Å². The van der Waals surface area contributed by atoms with E-state index in [-0.39, 0.29) is 11.3 Å². The van der Waals surface area contributed by atoms with Crippen LogP contribution in [0.1, 0.15) is 48.2 Å². The van der Waals surface area contributed by atoms with Gasteiger partial charge in [0.2, 0.25) is 12.6 Å². The molecule has 1 N–H and O–H groups in total. The van der Waals surface area contributed by atoms with Gasteiger partial charge in [-0.1, -0.05) is 13.0 Å². The fourth-order valence-electron chi connectivity index (χ4n) is 4.62. The molecule has 3 aliphatic rings. The van der Waals surface area contributed by atoms with Crippen LogP contribution < -0.4 is 14.8 Å². The Labute approximate surface area is 181 Å². The monoisotopic (exact) mass is 427 g/mol. The van der Waals surface area contributed by atoms with Crippen LogP contribution >= 0.6 is 0 Å². The lowest BCUT2D eigenvalue weighted by atomic mass is 9.78. The molecule has 0 aliphatic carbocycles. The van der Waals surface area contributed by atoms with Crippen molar-refractivity contribution in [2.45, 2.75) is 45.9 Å². The van der Waals surface area contributed by atoms with Crippen LogP contribution in [0, 0.1) is 5.41 Å². The van der Waals surface area contributed by atoms with Crippen LogP contribution in [0.15, 0.2) is 18.2 Å². The number of nitrogens with zero attached hydrogens (tertiary/aromatic N) is 4. The number of benzene rings is 1. The maximum atomic E-state index is 12.6. The molecule has 0 atom stereocenters. The number of rotatable bonds is 5. The minimum absolute atomic E-state index is 0.00119. The van der Waals surface area contributed by atoms with Crippen molar-refractivity contribution in [2.75, 3.05) is 33.0 Å². The summed E-state index contributed by atoms with van der Waals surface area (Å²) in [7, 11) is 0. The van der Waals surface area contributed by atoms with Crippen LogP contribution in [0.2, 0.25) is 0 Å². The standard InChI is InChI=1S/C22H29N5O4/c1-2-7-23-21(28)20-25-24-19-12-29-14-22(13-27(19)20)5-8-26(9-6-22)11-16-3-4-17-18(10-16)31-15-30-17/h3-4,10H,2,5-9,11-15H2,1H3,(H,23,28). The van der Waals surface area contributed by atoms with Gasteiger partial charge >= 0.3 is 0 Å². The maximum absolute atomic E-state index is 12.6. The topological polar surface area (TPSA) is 90.7 Å². The predicted octanol–water partition coefficient (Wildman–Crippen LogP) is 1.96. The number of ether oxygens (including phenoxy) is 3. The van der Waals surface area contributed by atoms with Crippen LogP contribution in [-0.2, 0) is 24.4 Å². The summed E-state index contributed by atoms with van der Waals surface area (Å²) in [5, 5.41) is 11.3. The number of nitrogens with one attached hydrogen (secondary N) is 1. The number of fused-ring (bicyclic) bond motifs is 2. The van der Waals surface area contributed by atoms with Gasteiger partial charge in [0, 0.05) is 25.0 Å². The molecule has 0 radical (unpaired) electrons. The van der Waals surface area contributed by atoms with Gasteiger partial charge in [0.15, 0.2) is 17.3 Å². The van der Waals surface area contributed by atoms with Gasteiger partial charge in [-0.25, -0.2) is 0 Å². The number of aromatic nitrogens is 3. The van der Waals surface area contributed by atoms with E-state index in [0.717, 1.165) is 62.8 Å². The van der Waals surface area contributed by atoms with Gasteiger partial charge in [-0.15, -0.1) is 10.2 Å². The predicted molar refractivity (Wildman–Crippen MR) is 112 cm³/mol. The fraction of sp³-hybridized carbons (Fsp3) is 0.591. The van der Waals surface area contributed by atoms with Gasteiger partial charge in [-0.3, -0.25) is 9.69 Å². The van der Waals surface area contributed by atoms with Crippen molar-refractivity contribution in [1.29, 1.82) is 0 Å². The Morgan fingerprint density at radius 1 is 1.19 bits per heavy atom. The lowest BCUT2D eigenvalue weighted by Gasteiger charge is -2.41. The third-order valence-electron chi connectivity index (χ3n) is 6.46. The third kappa shape index (κ3) is 4.12. The molecular formula is C22H29N5O4. The summed E-state index contributed by atoms with van der Waals surface area (Å²) in [6, 6.07) is 6.17. The highest BCUT2D eigenvalue weighted by Gasteiger charge is 2.39. The quantitative estimate of drug-likeness (QED) is 0.780. The smallest absolute Gasteiger partial charge is 0.289 e. The van der Waals surface area contributed by atoms with E-state index in [4.69, 9.17) is 14.2 Å². The number of hydrogen-bond acceptors (Lipinski definition) is 7. The van der Waals surface area contributed by atoms with Gasteiger partial charge < -0.3 is 24.1 Å². The summed E-state index contributed by atoms with van der Waals surface area (Å²) in [4.78, 5) is 15.0. The maximum Gasteiger partial charge on any atom is 0.289 e. The number of hydrogen-bond donors (Lipinski definition) is 1. The summed E-state index contributed by atoms with van der Waals surface area (Å²) < 4.78 is 18.9. The summed E-state index contributed by atoms with van der Waals surface area (Å²) in [5.41, 5.74) is 1.23.